The van der Waals surface area contributed by atoms with Crippen LogP contribution in [0.4, 0.5) is 0 Å². The average molecular weight is 238 g/mol. The van der Waals surface area contributed by atoms with E-state index in [2.05, 4.69) is 20.2 Å². The van der Waals surface area contributed by atoms with Gasteiger partial charge in [0.1, 0.15) is 0 Å². The average Bonchev–Trinajstić information content (AvgIpc) is 2.99. The summed E-state index contributed by atoms with van der Waals surface area (Å²) in [5.41, 5.74) is 1.17. The van der Waals surface area contributed by atoms with Gasteiger partial charge in [0.05, 0.1) is 12.9 Å². The molecule has 1 aromatic rings. The highest BCUT2D eigenvalue weighted by molar-refractivity contribution is 4.94. The van der Waals surface area contributed by atoms with Crippen LogP contribution in [0.1, 0.15) is 18.5 Å². The lowest BCUT2D eigenvalue weighted by Crippen LogP contribution is -2.38. The Bertz CT molecular complexity index is 295. The molecule has 1 aliphatic heterocycles. The van der Waals surface area contributed by atoms with E-state index in [9.17, 15) is 0 Å². The number of rotatable bonds is 7. The third kappa shape index (κ3) is 4.11. The van der Waals surface area contributed by atoms with Gasteiger partial charge in [-0.2, -0.15) is 0 Å². The summed E-state index contributed by atoms with van der Waals surface area (Å²) in [5, 5.41) is 3.53. The van der Waals surface area contributed by atoms with E-state index >= 15 is 0 Å². The highest BCUT2D eigenvalue weighted by atomic mass is 16.5. The van der Waals surface area contributed by atoms with Crippen LogP contribution < -0.4 is 5.32 Å². The zero-order valence-corrected chi connectivity index (χ0v) is 10.5. The molecule has 1 aliphatic rings. The number of ether oxygens (including phenoxy) is 1. The molecule has 5 nitrogen and oxygen atoms in total. The van der Waals surface area contributed by atoms with Gasteiger partial charge in [0.15, 0.2) is 0 Å². The number of nitrogens with one attached hydrogen (secondary N) is 2. The molecule has 0 saturated carbocycles. The molecule has 1 aromatic heterocycles. The number of aromatic nitrogens is 2. The number of H-pyrrole nitrogens is 1. The maximum absolute atomic E-state index is 5.17. The van der Waals surface area contributed by atoms with E-state index in [4.69, 9.17) is 4.74 Å². The molecular formula is C12H22N4O. The standard InChI is InChI=1S/C12H22N4O/c1-17-6-5-16(8-11-3-2-4-14-11)9-12-7-13-10-15-12/h7,10-11,14H,2-6,8-9H2,1H3,(H,13,15). The van der Waals surface area contributed by atoms with Gasteiger partial charge in [-0.15, -0.1) is 0 Å². The van der Waals surface area contributed by atoms with Gasteiger partial charge in [0.2, 0.25) is 0 Å². The second kappa shape index (κ2) is 6.74. The third-order valence-corrected chi connectivity index (χ3v) is 3.20. The van der Waals surface area contributed by atoms with Crippen LogP contribution in [-0.4, -0.2) is 54.3 Å². The molecule has 0 amide bonds. The van der Waals surface area contributed by atoms with Crippen LogP contribution in [0.2, 0.25) is 0 Å². The summed E-state index contributed by atoms with van der Waals surface area (Å²) in [5.74, 6) is 0. The molecule has 96 valence electrons. The molecule has 1 saturated heterocycles. The Morgan fingerprint density at radius 3 is 3.18 bits per heavy atom. The molecule has 2 rings (SSSR count). The van der Waals surface area contributed by atoms with Crippen molar-refractivity contribution in [3.05, 3.63) is 18.2 Å². The molecule has 1 unspecified atom stereocenters. The quantitative estimate of drug-likeness (QED) is 0.731. The van der Waals surface area contributed by atoms with Gasteiger partial charge in [-0.3, -0.25) is 4.90 Å². The fraction of sp³-hybridized carbons (Fsp3) is 0.750. The molecule has 17 heavy (non-hydrogen) atoms. The van der Waals surface area contributed by atoms with Crippen LogP contribution in [0.25, 0.3) is 0 Å². The van der Waals surface area contributed by atoms with Crippen LogP contribution in [0.15, 0.2) is 12.5 Å². The number of hydrogen-bond donors (Lipinski definition) is 2. The number of hydrogen-bond acceptors (Lipinski definition) is 4. The maximum Gasteiger partial charge on any atom is 0.0922 e. The molecule has 0 radical (unpaired) electrons. The first-order valence-corrected chi connectivity index (χ1v) is 6.30. The first-order chi connectivity index (χ1) is 8.38. The summed E-state index contributed by atoms with van der Waals surface area (Å²) in [6.07, 6.45) is 6.21. The van der Waals surface area contributed by atoms with E-state index in [0.29, 0.717) is 6.04 Å². The highest BCUT2D eigenvalue weighted by Crippen LogP contribution is 2.09. The Balaban J connectivity index is 1.83. The molecule has 0 aliphatic carbocycles. The summed E-state index contributed by atoms with van der Waals surface area (Å²) < 4.78 is 5.17. The van der Waals surface area contributed by atoms with Crippen LogP contribution in [0, 0.1) is 0 Å². The van der Waals surface area contributed by atoms with Crippen LogP contribution in [0.3, 0.4) is 0 Å². The summed E-state index contributed by atoms with van der Waals surface area (Å²) in [7, 11) is 1.75. The molecular weight excluding hydrogens is 216 g/mol. The minimum atomic E-state index is 0.634. The number of nitrogens with zero attached hydrogens (tertiary/aromatic N) is 2. The van der Waals surface area contributed by atoms with Crippen molar-refractivity contribution in [3.8, 4) is 0 Å². The van der Waals surface area contributed by atoms with E-state index < -0.39 is 0 Å². The molecule has 5 heteroatoms. The lowest BCUT2D eigenvalue weighted by Gasteiger charge is -2.24. The summed E-state index contributed by atoms with van der Waals surface area (Å²) in [6, 6.07) is 0.634. The van der Waals surface area contributed by atoms with E-state index in [-0.39, 0.29) is 0 Å². The Morgan fingerprint density at radius 1 is 1.59 bits per heavy atom. The monoisotopic (exact) mass is 238 g/mol. The first kappa shape index (κ1) is 12.5. The smallest absolute Gasteiger partial charge is 0.0922 e. The summed E-state index contributed by atoms with van der Waals surface area (Å²) in [6.45, 7) is 4.91. The van der Waals surface area contributed by atoms with Crippen LogP contribution >= 0.6 is 0 Å². The van der Waals surface area contributed by atoms with Gasteiger partial charge in [0, 0.05) is 44.7 Å². The second-order valence-corrected chi connectivity index (χ2v) is 4.60. The van der Waals surface area contributed by atoms with Crippen molar-refractivity contribution in [2.45, 2.75) is 25.4 Å². The van der Waals surface area contributed by atoms with Gasteiger partial charge in [-0.25, -0.2) is 4.98 Å². The zero-order chi connectivity index (χ0) is 11.9. The number of aromatic amines is 1. The molecule has 2 N–H and O–H groups in total. The lowest BCUT2D eigenvalue weighted by molar-refractivity contribution is 0.137. The van der Waals surface area contributed by atoms with Crippen molar-refractivity contribution >= 4 is 0 Å². The van der Waals surface area contributed by atoms with Gasteiger partial charge in [0.25, 0.3) is 0 Å². The van der Waals surface area contributed by atoms with Gasteiger partial charge in [-0.1, -0.05) is 0 Å². The van der Waals surface area contributed by atoms with E-state index in [0.717, 1.165) is 32.8 Å². The Labute approximate surface area is 103 Å². The van der Waals surface area contributed by atoms with E-state index in [1.807, 2.05) is 6.20 Å². The van der Waals surface area contributed by atoms with Crippen LogP contribution in [-0.2, 0) is 11.3 Å². The van der Waals surface area contributed by atoms with Crippen molar-refractivity contribution in [1.29, 1.82) is 0 Å². The van der Waals surface area contributed by atoms with Crippen molar-refractivity contribution in [2.75, 3.05) is 33.4 Å². The number of methoxy groups -OCH3 is 1. The SMILES string of the molecule is COCCN(Cc1cnc[nH]1)CC1CCCN1. The minimum Gasteiger partial charge on any atom is -0.383 e. The van der Waals surface area contributed by atoms with Crippen molar-refractivity contribution in [3.63, 3.8) is 0 Å². The summed E-state index contributed by atoms with van der Waals surface area (Å²) >= 11 is 0. The summed E-state index contributed by atoms with van der Waals surface area (Å²) in [4.78, 5) is 9.63. The van der Waals surface area contributed by atoms with Crippen molar-refractivity contribution < 1.29 is 4.74 Å². The van der Waals surface area contributed by atoms with Crippen molar-refractivity contribution in [2.24, 2.45) is 0 Å². The molecule has 0 bridgehead atoms. The first-order valence-electron chi connectivity index (χ1n) is 6.30. The Morgan fingerprint density at radius 2 is 2.53 bits per heavy atom. The Kier molecular flexibility index (Phi) is 4.97. The maximum atomic E-state index is 5.17. The molecule has 1 fully saturated rings. The molecule has 0 spiro atoms. The lowest BCUT2D eigenvalue weighted by atomic mass is 10.2. The fourth-order valence-corrected chi connectivity index (χ4v) is 2.29. The topological polar surface area (TPSA) is 53.2 Å². The number of imidazole rings is 1. The molecule has 1 atom stereocenters. The van der Waals surface area contributed by atoms with Crippen LogP contribution in [0.5, 0.6) is 0 Å². The molecule has 0 aromatic carbocycles. The fourth-order valence-electron chi connectivity index (χ4n) is 2.29. The molecule has 2 heterocycles. The van der Waals surface area contributed by atoms with E-state index in [1.54, 1.807) is 13.4 Å². The highest BCUT2D eigenvalue weighted by Gasteiger charge is 2.18. The van der Waals surface area contributed by atoms with Gasteiger partial charge >= 0.3 is 0 Å². The predicted molar refractivity (Wildman–Crippen MR) is 66.8 cm³/mol. The normalized spacial score (nSPS) is 20.2. The second-order valence-electron chi connectivity index (χ2n) is 4.60. The third-order valence-electron chi connectivity index (χ3n) is 3.20. The van der Waals surface area contributed by atoms with Gasteiger partial charge in [-0.05, 0) is 19.4 Å². The van der Waals surface area contributed by atoms with E-state index in [1.165, 1.54) is 18.5 Å². The zero-order valence-electron chi connectivity index (χ0n) is 10.5. The Hall–Kier alpha value is -0.910. The largest absolute Gasteiger partial charge is 0.383 e. The predicted octanol–water partition coefficient (Wildman–Crippen LogP) is 0.610. The minimum absolute atomic E-state index is 0.634. The van der Waals surface area contributed by atoms with Crippen molar-refractivity contribution in [1.82, 2.24) is 20.2 Å². The van der Waals surface area contributed by atoms with Gasteiger partial charge < -0.3 is 15.0 Å².